The van der Waals surface area contributed by atoms with Crippen LogP contribution in [0.25, 0.3) is 22.4 Å². The Morgan fingerprint density at radius 2 is 1.61 bits per heavy atom. The fourth-order valence-corrected chi connectivity index (χ4v) is 2.31. The highest BCUT2D eigenvalue weighted by Crippen LogP contribution is 2.31. The first-order valence-electron chi connectivity index (χ1n) is 7.00. The lowest BCUT2D eigenvalue weighted by Gasteiger charge is -2.06. The van der Waals surface area contributed by atoms with Crippen LogP contribution in [0.2, 0.25) is 0 Å². The summed E-state index contributed by atoms with van der Waals surface area (Å²) >= 11 is 0. The smallest absolute Gasteiger partial charge is 0.263 e. The van der Waals surface area contributed by atoms with Gasteiger partial charge in [-0.05, 0) is 36.4 Å². The van der Waals surface area contributed by atoms with Crippen LogP contribution >= 0.6 is 0 Å². The third-order valence-electron chi connectivity index (χ3n) is 3.41. The number of anilines is 1. The van der Waals surface area contributed by atoms with Gasteiger partial charge in [-0.15, -0.1) is 0 Å². The second-order valence-electron chi connectivity index (χ2n) is 4.91. The number of para-hydroxylation sites is 1. The Kier molecular flexibility index (Phi) is 3.12. The van der Waals surface area contributed by atoms with E-state index in [0.717, 1.165) is 17.1 Å². The minimum atomic E-state index is 0.343. The fraction of sp³-hybridized carbons (Fsp3) is 0. The third kappa shape index (κ3) is 2.46. The summed E-state index contributed by atoms with van der Waals surface area (Å²) in [6.45, 7) is 0. The maximum Gasteiger partial charge on any atom is 0.263 e. The molecule has 0 aliphatic carbocycles. The van der Waals surface area contributed by atoms with E-state index in [1.54, 1.807) is 0 Å². The molecule has 0 aliphatic rings. The number of benzene rings is 2. The minimum absolute atomic E-state index is 0.343. The molecule has 6 nitrogen and oxygen atoms in total. The van der Waals surface area contributed by atoms with Crippen molar-refractivity contribution in [1.29, 1.82) is 0 Å². The molecule has 23 heavy (non-hydrogen) atoms. The molecule has 112 valence electrons. The summed E-state index contributed by atoms with van der Waals surface area (Å²) in [4.78, 5) is 8.00. The lowest BCUT2D eigenvalue weighted by molar-refractivity contribution is 0.451. The van der Waals surface area contributed by atoms with Crippen LogP contribution in [0.1, 0.15) is 0 Å². The predicted octanol–water partition coefficient (Wildman–Crippen LogP) is 3.66. The number of hydrogen-bond donors (Lipinski definition) is 1. The van der Waals surface area contributed by atoms with Gasteiger partial charge in [0.2, 0.25) is 0 Å². The van der Waals surface area contributed by atoms with Crippen molar-refractivity contribution in [3.8, 4) is 22.8 Å². The van der Waals surface area contributed by atoms with Crippen molar-refractivity contribution in [1.82, 2.24) is 15.1 Å². The van der Waals surface area contributed by atoms with Crippen molar-refractivity contribution in [3.63, 3.8) is 0 Å². The first kappa shape index (κ1) is 13.3. The SMILES string of the molecule is Nc1ncnc2onc(-c3ccc(Oc4ccccc4)cc3)c12. The zero-order valence-corrected chi connectivity index (χ0v) is 12.0. The summed E-state index contributed by atoms with van der Waals surface area (Å²) in [5.41, 5.74) is 7.74. The molecular weight excluding hydrogens is 292 g/mol. The van der Waals surface area contributed by atoms with Crippen LogP contribution in [0, 0.1) is 0 Å². The van der Waals surface area contributed by atoms with E-state index in [-0.39, 0.29) is 0 Å². The van der Waals surface area contributed by atoms with E-state index in [2.05, 4.69) is 15.1 Å². The molecule has 2 aromatic carbocycles. The van der Waals surface area contributed by atoms with Gasteiger partial charge in [0, 0.05) is 5.56 Å². The highest BCUT2D eigenvalue weighted by Gasteiger charge is 2.15. The molecule has 0 aliphatic heterocycles. The topological polar surface area (TPSA) is 87.1 Å². The molecule has 2 N–H and O–H groups in total. The van der Waals surface area contributed by atoms with Crippen molar-refractivity contribution >= 4 is 16.9 Å². The quantitative estimate of drug-likeness (QED) is 0.621. The van der Waals surface area contributed by atoms with E-state index >= 15 is 0 Å². The van der Waals surface area contributed by atoms with Crippen molar-refractivity contribution < 1.29 is 9.26 Å². The van der Waals surface area contributed by atoms with Crippen LogP contribution in [0.5, 0.6) is 11.5 Å². The molecule has 6 heteroatoms. The number of rotatable bonds is 3. The van der Waals surface area contributed by atoms with Gasteiger partial charge >= 0.3 is 0 Å². The Morgan fingerprint density at radius 1 is 0.870 bits per heavy atom. The number of nitrogens with two attached hydrogens (primary N) is 1. The number of nitrogens with zero attached hydrogens (tertiary/aromatic N) is 3. The zero-order valence-electron chi connectivity index (χ0n) is 12.0. The predicted molar refractivity (Wildman–Crippen MR) is 86.0 cm³/mol. The van der Waals surface area contributed by atoms with Crippen molar-refractivity contribution in [2.24, 2.45) is 0 Å². The summed E-state index contributed by atoms with van der Waals surface area (Å²) < 4.78 is 11.0. The Morgan fingerprint density at radius 3 is 2.39 bits per heavy atom. The van der Waals surface area contributed by atoms with Gasteiger partial charge in [-0.1, -0.05) is 23.4 Å². The standard InChI is InChI=1S/C17H12N4O2/c18-16-14-15(21-23-17(14)20-10-19-16)11-6-8-13(9-7-11)22-12-4-2-1-3-5-12/h1-10H,(H2,18,19,20). The van der Waals surface area contributed by atoms with Gasteiger partial charge < -0.3 is 15.0 Å². The summed E-state index contributed by atoms with van der Waals surface area (Å²) in [5.74, 6) is 1.86. The maximum absolute atomic E-state index is 5.90. The van der Waals surface area contributed by atoms with Gasteiger partial charge in [-0.2, -0.15) is 4.98 Å². The second-order valence-corrected chi connectivity index (χ2v) is 4.91. The normalized spacial score (nSPS) is 10.8. The molecule has 0 atom stereocenters. The molecule has 4 rings (SSSR count). The van der Waals surface area contributed by atoms with Crippen LogP contribution in [-0.2, 0) is 0 Å². The average Bonchev–Trinajstić information content (AvgIpc) is 3.02. The monoisotopic (exact) mass is 304 g/mol. The van der Waals surface area contributed by atoms with Gasteiger partial charge in [-0.25, -0.2) is 4.98 Å². The largest absolute Gasteiger partial charge is 0.457 e. The number of aromatic nitrogens is 3. The van der Waals surface area contributed by atoms with Crippen molar-refractivity contribution in [2.45, 2.75) is 0 Å². The molecule has 0 saturated heterocycles. The third-order valence-corrected chi connectivity index (χ3v) is 3.41. The van der Waals surface area contributed by atoms with Crippen LogP contribution in [0.4, 0.5) is 5.82 Å². The van der Waals surface area contributed by atoms with E-state index in [1.165, 1.54) is 6.33 Å². The molecule has 0 unspecified atom stereocenters. The molecule has 2 aromatic heterocycles. The zero-order chi connectivity index (χ0) is 15.6. The second kappa shape index (κ2) is 5.42. The summed E-state index contributed by atoms with van der Waals surface area (Å²) in [7, 11) is 0. The van der Waals surface area contributed by atoms with Gasteiger partial charge in [0.15, 0.2) is 0 Å². The Labute approximate surface area is 131 Å². The highest BCUT2D eigenvalue weighted by atomic mass is 16.5. The molecule has 0 amide bonds. The molecule has 0 saturated carbocycles. The van der Waals surface area contributed by atoms with Gasteiger partial charge in [0.25, 0.3) is 5.71 Å². The van der Waals surface area contributed by atoms with E-state index in [1.807, 2.05) is 54.6 Å². The Bertz CT molecular complexity index is 949. The molecular formula is C17H12N4O2. The summed E-state index contributed by atoms with van der Waals surface area (Å²) in [5, 5.41) is 4.66. The fourth-order valence-electron chi connectivity index (χ4n) is 2.31. The van der Waals surface area contributed by atoms with Gasteiger partial charge in [0.1, 0.15) is 34.7 Å². The molecule has 0 bridgehead atoms. The van der Waals surface area contributed by atoms with Crippen molar-refractivity contribution in [3.05, 3.63) is 60.9 Å². The lowest BCUT2D eigenvalue weighted by Crippen LogP contribution is -1.92. The summed E-state index contributed by atoms with van der Waals surface area (Å²) in [6, 6.07) is 17.1. The van der Waals surface area contributed by atoms with Crippen LogP contribution in [0.15, 0.2) is 65.4 Å². The number of fused-ring (bicyclic) bond motifs is 1. The number of nitrogen functional groups attached to an aromatic ring is 1. The van der Waals surface area contributed by atoms with E-state index in [4.69, 9.17) is 15.0 Å². The Hall–Kier alpha value is -3.41. The van der Waals surface area contributed by atoms with Crippen LogP contribution in [-0.4, -0.2) is 15.1 Å². The molecule has 0 radical (unpaired) electrons. The van der Waals surface area contributed by atoms with Gasteiger partial charge in [0.05, 0.1) is 0 Å². The number of hydrogen-bond acceptors (Lipinski definition) is 6. The van der Waals surface area contributed by atoms with E-state index in [0.29, 0.717) is 22.6 Å². The number of ether oxygens (including phenoxy) is 1. The van der Waals surface area contributed by atoms with Crippen LogP contribution in [0.3, 0.4) is 0 Å². The van der Waals surface area contributed by atoms with E-state index < -0.39 is 0 Å². The van der Waals surface area contributed by atoms with Gasteiger partial charge in [-0.3, -0.25) is 0 Å². The Balaban J connectivity index is 1.67. The molecule has 2 heterocycles. The molecule has 0 spiro atoms. The first-order valence-corrected chi connectivity index (χ1v) is 7.00. The summed E-state index contributed by atoms with van der Waals surface area (Å²) in [6.07, 6.45) is 1.35. The maximum atomic E-state index is 5.90. The van der Waals surface area contributed by atoms with Crippen LogP contribution < -0.4 is 10.5 Å². The van der Waals surface area contributed by atoms with E-state index in [9.17, 15) is 0 Å². The molecule has 4 aromatic rings. The highest BCUT2D eigenvalue weighted by molar-refractivity contribution is 5.96. The average molecular weight is 304 g/mol. The molecule has 0 fully saturated rings. The first-order chi connectivity index (χ1) is 11.3. The minimum Gasteiger partial charge on any atom is -0.457 e. The lowest BCUT2D eigenvalue weighted by atomic mass is 10.1. The van der Waals surface area contributed by atoms with Crippen molar-refractivity contribution in [2.75, 3.05) is 5.73 Å².